The van der Waals surface area contributed by atoms with E-state index in [1.54, 1.807) is 30.3 Å². The summed E-state index contributed by atoms with van der Waals surface area (Å²) in [5.41, 5.74) is -1.07. The topological polar surface area (TPSA) is 58.2 Å². The Bertz CT molecular complexity index is 836. The molecule has 0 aliphatic heterocycles. The first-order chi connectivity index (χ1) is 13.1. The number of rotatable bonds is 5. The highest BCUT2D eigenvalue weighted by Crippen LogP contribution is 2.31. The maximum atomic E-state index is 13.8. The van der Waals surface area contributed by atoms with Gasteiger partial charge in [-0.05, 0) is 36.1 Å². The molecule has 2 aromatic carbocycles. The van der Waals surface area contributed by atoms with E-state index in [-0.39, 0.29) is 5.92 Å². The Kier molecular flexibility index (Phi) is 6.77. The molecule has 0 radical (unpaired) electrons. The summed E-state index contributed by atoms with van der Waals surface area (Å²) in [7, 11) is 0. The zero-order valence-electron chi connectivity index (χ0n) is 15.3. The molecule has 0 aliphatic carbocycles. The first-order valence-electron chi connectivity index (χ1n) is 8.61. The molecule has 28 heavy (non-hydrogen) atoms. The fourth-order valence-corrected chi connectivity index (χ4v) is 2.64. The third kappa shape index (κ3) is 5.80. The lowest BCUT2D eigenvalue weighted by Gasteiger charge is -2.21. The summed E-state index contributed by atoms with van der Waals surface area (Å²) in [5, 5.41) is 4.46. The molecule has 8 heteroatoms. The van der Waals surface area contributed by atoms with Gasteiger partial charge in [0.2, 0.25) is 0 Å². The number of carbonyl (C=O) groups is 2. The molecule has 1 atom stereocenters. The van der Waals surface area contributed by atoms with Gasteiger partial charge in [0.25, 0.3) is 0 Å². The van der Waals surface area contributed by atoms with E-state index in [0.29, 0.717) is 24.6 Å². The molecule has 150 valence electrons. The van der Waals surface area contributed by atoms with Gasteiger partial charge in [-0.1, -0.05) is 44.2 Å². The Morgan fingerprint density at radius 1 is 1.00 bits per heavy atom. The van der Waals surface area contributed by atoms with Crippen molar-refractivity contribution in [3.05, 3.63) is 65.5 Å². The van der Waals surface area contributed by atoms with Crippen molar-refractivity contribution < 1.29 is 27.2 Å². The monoisotopic (exact) mass is 396 g/mol. The Morgan fingerprint density at radius 3 is 2.21 bits per heavy atom. The van der Waals surface area contributed by atoms with Gasteiger partial charge in [0.15, 0.2) is 0 Å². The normalized spacial score (nSPS) is 12.5. The molecule has 0 fully saturated rings. The smallest absolute Gasteiger partial charge is 0.341 e. The SMILES string of the molecule is CC(C)C[C@H](NC(=O)C(=O)Nc1cc(C(F)(F)F)ccc1F)c1ccccc1. The molecule has 2 aromatic rings. The lowest BCUT2D eigenvalue weighted by Crippen LogP contribution is -2.38. The number of amides is 2. The van der Waals surface area contributed by atoms with Crippen LogP contribution in [0.3, 0.4) is 0 Å². The third-order valence-corrected chi connectivity index (χ3v) is 3.96. The molecule has 2 N–H and O–H groups in total. The summed E-state index contributed by atoms with van der Waals surface area (Å²) in [5.74, 6) is -3.18. The minimum Gasteiger partial charge on any atom is -0.341 e. The highest BCUT2D eigenvalue weighted by molar-refractivity contribution is 6.39. The first kappa shape index (κ1) is 21.4. The van der Waals surface area contributed by atoms with Gasteiger partial charge in [0.1, 0.15) is 5.82 Å². The van der Waals surface area contributed by atoms with E-state index in [0.717, 1.165) is 5.56 Å². The second-order valence-electron chi connectivity index (χ2n) is 6.71. The van der Waals surface area contributed by atoms with Crippen LogP contribution in [0.15, 0.2) is 48.5 Å². The van der Waals surface area contributed by atoms with Crippen LogP contribution in [0.1, 0.15) is 37.4 Å². The van der Waals surface area contributed by atoms with Crippen molar-refractivity contribution in [1.82, 2.24) is 5.32 Å². The standard InChI is InChI=1S/C20H20F4N2O2/c1-12(2)10-16(13-6-4-3-5-7-13)25-18(27)19(28)26-17-11-14(20(22,23)24)8-9-15(17)21/h3-9,11-12,16H,10H2,1-2H3,(H,25,27)(H,26,28)/t16-/m0/s1. The number of halogens is 4. The molecule has 0 saturated carbocycles. The van der Waals surface area contributed by atoms with E-state index in [9.17, 15) is 27.2 Å². The zero-order valence-corrected chi connectivity index (χ0v) is 15.3. The van der Waals surface area contributed by atoms with Crippen molar-refractivity contribution in [3.8, 4) is 0 Å². The van der Waals surface area contributed by atoms with Gasteiger partial charge >= 0.3 is 18.0 Å². The van der Waals surface area contributed by atoms with Crippen molar-refractivity contribution in [1.29, 1.82) is 0 Å². The molecule has 0 aliphatic rings. The van der Waals surface area contributed by atoms with E-state index < -0.39 is 41.1 Å². The maximum Gasteiger partial charge on any atom is 0.416 e. The lowest BCUT2D eigenvalue weighted by molar-refractivity contribution is -0.137. The Morgan fingerprint density at radius 2 is 1.64 bits per heavy atom. The third-order valence-electron chi connectivity index (χ3n) is 3.96. The van der Waals surface area contributed by atoms with Crippen LogP contribution in [0, 0.1) is 11.7 Å². The summed E-state index contributed by atoms with van der Waals surface area (Å²) >= 11 is 0. The number of nitrogens with one attached hydrogen (secondary N) is 2. The van der Waals surface area contributed by atoms with Crippen LogP contribution in [0.25, 0.3) is 0 Å². The Hall–Kier alpha value is -2.90. The van der Waals surface area contributed by atoms with Crippen molar-refractivity contribution in [3.63, 3.8) is 0 Å². The number of hydrogen-bond acceptors (Lipinski definition) is 2. The minimum absolute atomic E-state index is 0.203. The number of alkyl halides is 3. The predicted octanol–water partition coefficient (Wildman–Crippen LogP) is 4.69. The lowest BCUT2D eigenvalue weighted by atomic mass is 9.97. The van der Waals surface area contributed by atoms with Crippen LogP contribution in [0.4, 0.5) is 23.2 Å². The van der Waals surface area contributed by atoms with Crippen LogP contribution in [-0.4, -0.2) is 11.8 Å². The van der Waals surface area contributed by atoms with Gasteiger partial charge in [0, 0.05) is 0 Å². The summed E-state index contributed by atoms with van der Waals surface area (Å²) < 4.78 is 52.1. The van der Waals surface area contributed by atoms with Crippen LogP contribution in [-0.2, 0) is 15.8 Å². The highest BCUT2D eigenvalue weighted by Gasteiger charge is 2.31. The van der Waals surface area contributed by atoms with Crippen molar-refractivity contribution in [2.24, 2.45) is 5.92 Å². The van der Waals surface area contributed by atoms with Gasteiger partial charge in [-0.25, -0.2) is 4.39 Å². The Labute approximate surface area is 159 Å². The number of benzene rings is 2. The van der Waals surface area contributed by atoms with E-state index >= 15 is 0 Å². The van der Waals surface area contributed by atoms with Gasteiger partial charge in [-0.15, -0.1) is 0 Å². The number of hydrogen-bond donors (Lipinski definition) is 2. The second-order valence-corrected chi connectivity index (χ2v) is 6.71. The van der Waals surface area contributed by atoms with Gasteiger partial charge in [-0.2, -0.15) is 13.2 Å². The van der Waals surface area contributed by atoms with Crippen LogP contribution in [0.5, 0.6) is 0 Å². The van der Waals surface area contributed by atoms with Crippen LogP contribution in [0.2, 0.25) is 0 Å². The molecule has 2 amide bonds. The van der Waals surface area contributed by atoms with Crippen molar-refractivity contribution in [2.45, 2.75) is 32.5 Å². The van der Waals surface area contributed by atoms with E-state index in [2.05, 4.69) is 5.32 Å². The first-order valence-corrected chi connectivity index (χ1v) is 8.61. The second kappa shape index (κ2) is 8.86. The summed E-state index contributed by atoms with van der Waals surface area (Å²) in [6, 6.07) is 10.1. The molecule has 0 saturated heterocycles. The average molecular weight is 396 g/mol. The fraction of sp³-hybridized carbons (Fsp3) is 0.300. The highest BCUT2D eigenvalue weighted by atomic mass is 19.4. The van der Waals surface area contributed by atoms with E-state index in [4.69, 9.17) is 0 Å². The summed E-state index contributed by atoms with van der Waals surface area (Å²) in [6.07, 6.45) is -4.16. The van der Waals surface area contributed by atoms with E-state index in [1.807, 2.05) is 19.2 Å². The van der Waals surface area contributed by atoms with Gasteiger partial charge < -0.3 is 10.6 Å². The Balaban J connectivity index is 2.14. The predicted molar refractivity (Wildman–Crippen MR) is 96.8 cm³/mol. The largest absolute Gasteiger partial charge is 0.416 e. The fourth-order valence-electron chi connectivity index (χ4n) is 2.64. The van der Waals surface area contributed by atoms with Crippen molar-refractivity contribution in [2.75, 3.05) is 5.32 Å². The summed E-state index contributed by atoms with van der Waals surface area (Å²) in [6.45, 7) is 3.89. The summed E-state index contributed by atoms with van der Waals surface area (Å²) in [4.78, 5) is 24.3. The van der Waals surface area contributed by atoms with E-state index in [1.165, 1.54) is 0 Å². The molecule has 0 bridgehead atoms. The molecular weight excluding hydrogens is 376 g/mol. The molecular formula is C20H20F4N2O2. The van der Waals surface area contributed by atoms with Crippen LogP contribution < -0.4 is 10.6 Å². The van der Waals surface area contributed by atoms with Crippen LogP contribution >= 0.6 is 0 Å². The number of anilines is 1. The van der Waals surface area contributed by atoms with Gasteiger partial charge in [-0.3, -0.25) is 9.59 Å². The molecule has 0 spiro atoms. The molecule has 0 aromatic heterocycles. The molecule has 2 rings (SSSR count). The molecule has 0 heterocycles. The maximum absolute atomic E-state index is 13.8. The molecule has 0 unspecified atom stereocenters. The van der Waals surface area contributed by atoms with Crippen molar-refractivity contribution >= 4 is 17.5 Å². The zero-order chi connectivity index (χ0) is 20.9. The quantitative estimate of drug-likeness (QED) is 0.569. The van der Waals surface area contributed by atoms with Gasteiger partial charge in [0.05, 0.1) is 17.3 Å². The number of carbonyl (C=O) groups excluding carboxylic acids is 2. The molecule has 4 nitrogen and oxygen atoms in total. The average Bonchev–Trinajstić information content (AvgIpc) is 2.62. The minimum atomic E-state index is -4.70.